The summed E-state index contributed by atoms with van der Waals surface area (Å²) in [5.74, 6) is 2.83. The highest BCUT2D eigenvalue weighted by Crippen LogP contribution is 2.17. The molecule has 19 heavy (non-hydrogen) atoms. The molecule has 0 bridgehead atoms. The summed E-state index contributed by atoms with van der Waals surface area (Å²) in [6.45, 7) is 4.15. The SMILES string of the molecule is CCSCC(C)n1c(CCl)nc2ccccc2c1=O. The highest BCUT2D eigenvalue weighted by Gasteiger charge is 2.15. The van der Waals surface area contributed by atoms with Crippen molar-refractivity contribution in [3.8, 4) is 0 Å². The highest BCUT2D eigenvalue weighted by molar-refractivity contribution is 7.99. The zero-order chi connectivity index (χ0) is 13.8. The van der Waals surface area contributed by atoms with E-state index in [9.17, 15) is 4.79 Å². The van der Waals surface area contributed by atoms with Crippen LogP contribution in [-0.4, -0.2) is 21.1 Å². The molecular weight excluding hydrogens is 280 g/mol. The van der Waals surface area contributed by atoms with E-state index < -0.39 is 0 Å². The van der Waals surface area contributed by atoms with Crippen LogP contribution in [0.25, 0.3) is 10.9 Å². The van der Waals surface area contributed by atoms with Crippen molar-refractivity contribution in [1.29, 1.82) is 0 Å². The number of benzene rings is 1. The van der Waals surface area contributed by atoms with E-state index in [0.29, 0.717) is 11.2 Å². The van der Waals surface area contributed by atoms with Gasteiger partial charge in [0.05, 0.1) is 16.8 Å². The molecule has 0 radical (unpaired) electrons. The van der Waals surface area contributed by atoms with E-state index in [2.05, 4.69) is 11.9 Å². The van der Waals surface area contributed by atoms with E-state index in [1.165, 1.54) is 0 Å². The van der Waals surface area contributed by atoms with Gasteiger partial charge in [0.1, 0.15) is 5.82 Å². The second-order valence-electron chi connectivity index (χ2n) is 4.36. The average Bonchev–Trinajstić information content (AvgIpc) is 2.44. The van der Waals surface area contributed by atoms with Crippen LogP contribution in [0.4, 0.5) is 0 Å². The fourth-order valence-corrected chi connectivity index (χ4v) is 3.02. The molecule has 0 spiro atoms. The van der Waals surface area contributed by atoms with Crippen molar-refractivity contribution in [3.63, 3.8) is 0 Å². The molecule has 2 rings (SSSR count). The summed E-state index contributed by atoms with van der Waals surface area (Å²) >= 11 is 7.77. The number of fused-ring (bicyclic) bond motifs is 1. The Bertz CT molecular complexity index is 626. The van der Waals surface area contributed by atoms with Crippen molar-refractivity contribution in [2.45, 2.75) is 25.8 Å². The molecule has 1 aromatic carbocycles. The predicted octanol–water partition coefficient (Wildman–Crippen LogP) is 3.45. The van der Waals surface area contributed by atoms with Crippen molar-refractivity contribution in [1.82, 2.24) is 9.55 Å². The predicted molar refractivity (Wildman–Crippen MR) is 83.3 cm³/mol. The third-order valence-corrected chi connectivity index (χ3v) is 4.37. The molecule has 2 aromatic rings. The summed E-state index contributed by atoms with van der Waals surface area (Å²) in [7, 11) is 0. The van der Waals surface area contributed by atoms with Gasteiger partial charge in [0, 0.05) is 11.8 Å². The number of para-hydroxylation sites is 1. The molecule has 3 nitrogen and oxygen atoms in total. The van der Waals surface area contributed by atoms with Gasteiger partial charge in [0.15, 0.2) is 0 Å². The lowest BCUT2D eigenvalue weighted by Gasteiger charge is -2.18. The van der Waals surface area contributed by atoms with Gasteiger partial charge in [-0.2, -0.15) is 11.8 Å². The number of aromatic nitrogens is 2. The van der Waals surface area contributed by atoms with Gasteiger partial charge in [-0.25, -0.2) is 4.98 Å². The van der Waals surface area contributed by atoms with Crippen LogP contribution in [-0.2, 0) is 5.88 Å². The van der Waals surface area contributed by atoms with E-state index in [4.69, 9.17) is 11.6 Å². The molecule has 1 aromatic heterocycles. The number of thioether (sulfide) groups is 1. The van der Waals surface area contributed by atoms with Crippen LogP contribution in [0.5, 0.6) is 0 Å². The monoisotopic (exact) mass is 296 g/mol. The first kappa shape index (κ1) is 14.4. The summed E-state index contributed by atoms with van der Waals surface area (Å²) < 4.78 is 1.73. The van der Waals surface area contributed by atoms with Crippen molar-refractivity contribution >= 4 is 34.3 Å². The van der Waals surface area contributed by atoms with E-state index >= 15 is 0 Å². The van der Waals surface area contributed by atoms with E-state index in [1.54, 1.807) is 4.57 Å². The van der Waals surface area contributed by atoms with Crippen molar-refractivity contribution in [2.75, 3.05) is 11.5 Å². The maximum absolute atomic E-state index is 12.6. The Balaban J connectivity index is 2.58. The molecule has 5 heteroatoms. The molecule has 0 aliphatic carbocycles. The molecule has 0 saturated heterocycles. The second kappa shape index (κ2) is 6.44. The largest absolute Gasteiger partial charge is 0.291 e. The summed E-state index contributed by atoms with van der Waals surface area (Å²) in [5, 5.41) is 0.657. The van der Waals surface area contributed by atoms with Crippen molar-refractivity contribution < 1.29 is 0 Å². The average molecular weight is 297 g/mol. The molecule has 0 aliphatic heterocycles. The first-order valence-corrected chi connectivity index (χ1v) is 8.01. The van der Waals surface area contributed by atoms with Gasteiger partial charge in [-0.3, -0.25) is 9.36 Å². The Kier molecular flexibility index (Phi) is 4.88. The standard InChI is InChI=1S/C14H17ClN2OS/c1-3-19-9-10(2)17-13(8-15)16-12-7-5-4-6-11(12)14(17)18/h4-7,10H,3,8-9H2,1-2H3. The number of hydrogen-bond acceptors (Lipinski definition) is 3. The molecule has 0 fully saturated rings. The third-order valence-electron chi connectivity index (χ3n) is 3.00. The van der Waals surface area contributed by atoms with Crippen LogP contribution in [0.3, 0.4) is 0 Å². The first-order valence-electron chi connectivity index (χ1n) is 6.32. The zero-order valence-electron chi connectivity index (χ0n) is 11.1. The summed E-state index contributed by atoms with van der Waals surface area (Å²) in [4.78, 5) is 17.1. The summed E-state index contributed by atoms with van der Waals surface area (Å²) in [5.41, 5.74) is 0.722. The Labute approximate surface area is 122 Å². The fourth-order valence-electron chi connectivity index (χ4n) is 2.10. The van der Waals surface area contributed by atoms with E-state index in [-0.39, 0.29) is 17.5 Å². The van der Waals surface area contributed by atoms with Gasteiger partial charge >= 0.3 is 0 Å². The van der Waals surface area contributed by atoms with Gasteiger partial charge in [-0.05, 0) is 24.8 Å². The van der Waals surface area contributed by atoms with Crippen molar-refractivity contribution in [2.24, 2.45) is 0 Å². The van der Waals surface area contributed by atoms with Crippen LogP contribution in [0.2, 0.25) is 0 Å². The Morgan fingerprint density at radius 2 is 2.16 bits per heavy atom. The minimum atomic E-state index is 0.00505. The van der Waals surface area contributed by atoms with Gasteiger partial charge in [-0.1, -0.05) is 19.1 Å². The first-order chi connectivity index (χ1) is 9.19. The molecule has 1 atom stereocenters. The molecule has 0 amide bonds. The fraction of sp³-hybridized carbons (Fsp3) is 0.429. The highest BCUT2D eigenvalue weighted by atomic mass is 35.5. The lowest BCUT2D eigenvalue weighted by atomic mass is 10.2. The van der Waals surface area contributed by atoms with Crippen LogP contribution >= 0.6 is 23.4 Å². The minimum absolute atomic E-state index is 0.00505. The molecule has 0 saturated carbocycles. The van der Waals surface area contributed by atoms with E-state index in [0.717, 1.165) is 17.0 Å². The molecular formula is C14H17ClN2OS. The Hall–Kier alpha value is -1.00. The normalized spacial score (nSPS) is 12.8. The van der Waals surface area contributed by atoms with Gasteiger partial charge in [0.2, 0.25) is 0 Å². The maximum Gasteiger partial charge on any atom is 0.261 e. The Morgan fingerprint density at radius 1 is 1.42 bits per heavy atom. The summed E-state index contributed by atoms with van der Waals surface area (Å²) in [6.07, 6.45) is 0. The van der Waals surface area contributed by atoms with Crippen LogP contribution in [0.15, 0.2) is 29.1 Å². The van der Waals surface area contributed by atoms with Gasteiger partial charge < -0.3 is 0 Å². The van der Waals surface area contributed by atoms with E-state index in [1.807, 2.05) is 43.0 Å². The smallest absolute Gasteiger partial charge is 0.261 e. The second-order valence-corrected chi connectivity index (χ2v) is 5.95. The number of rotatable bonds is 5. The lowest BCUT2D eigenvalue weighted by molar-refractivity contribution is 0.560. The molecule has 1 unspecified atom stereocenters. The number of hydrogen-bond donors (Lipinski definition) is 0. The van der Waals surface area contributed by atoms with Crippen LogP contribution < -0.4 is 5.56 Å². The third kappa shape index (κ3) is 2.95. The topological polar surface area (TPSA) is 34.9 Å². The number of nitrogens with zero attached hydrogens (tertiary/aromatic N) is 2. The number of halogens is 1. The quantitative estimate of drug-likeness (QED) is 0.793. The van der Waals surface area contributed by atoms with Crippen LogP contribution in [0.1, 0.15) is 25.7 Å². The molecule has 0 aliphatic rings. The minimum Gasteiger partial charge on any atom is -0.291 e. The van der Waals surface area contributed by atoms with Crippen LogP contribution in [0, 0.1) is 0 Å². The maximum atomic E-state index is 12.6. The lowest BCUT2D eigenvalue weighted by Crippen LogP contribution is -2.28. The molecule has 0 N–H and O–H groups in total. The molecule has 1 heterocycles. The summed E-state index contributed by atoms with van der Waals surface area (Å²) in [6, 6.07) is 7.51. The molecule has 102 valence electrons. The zero-order valence-corrected chi connectivity index (χ0v) is 12.7. The Morgan fingerprint density at radius 3 is 2.84 bits per heavy atom. The van der Waals surface area contributed by atoms with Gasteiger partial charge in [-0.15, -0.1) is 11.6 Å². The van der Waals surface area contributed by atoms with Crippen molar-refractivity contribution in [3.05, 3.63) is 40.4 Å². The number of alkyl halides is 1. The van der Waals surface area contributed by atoms with Gasteiger partial charge in [0.25, 0.3) is 5.56 Å².